The minimum atomic E-state index is -0.0967. The average molecular weight is 463 g/mol. The Labute approximate surface area is 204 Å². The van der Waals surface area contributed by atoms with Crippen LogP contribution in [-0.4, -0.2) is 66.4 Å². The molecular formula is C29H38N2O3. The van der Waals surface area contributed by atoms with Gasteiger partial charge in [0, 0.05) is 35.1 Å². The van der Waals surface area contributed by atoms with Crippen LogP contribution in [0.1, 0.15) is 90.0 Å². The second-order valence-electron chi connectivity index (χ2n) is 8.96. The first-order chi connectivity index (χ1) is 16.4. The van der Waals surface area contributed by atoms with Crippen LogP contribution < -0.4 is 0 Å². The molecule has 3 rings (SSSR count). The molecule has 2 aromatic rings. The zero-order valence-electron chi connectivity index (χ0n) is 21.2. The largest absolute Gasteiger partial charge is 0.304 e. The summed E-state index contributed by atoms with van der Waals surface area (Å²) in [5, 5.41) is 0. The van der Waals surface area contributed by atoms with E-state index < -0.39 is 0 Å². The summed E-state index contributed by atoms with van der Waals surface area (Å²) >= 11 is 0. The maximum absolute atomic E-state index is 13.2. The van der Waals surface area contributed by atoms with Crippen LogP contribution in [-0.2, 0) is 0 Å². The number of Topliss-reactive ketones (excluding diaryl/α,β-unsaturated/α-hetero) is 2. The fourth-order valence-corrected chi connectivity index (χ4v) is 4.72. The van der Waals surface area contributed by atoms with Crippen molar-refractivity contribution in [2.24, 2.45) is 0 Å². The number of carbonyl (C=O) groups is 3. The molecule has 0 bridgehead atoms. The van der Waals surface area contributed by atoms with Crippen LogP contribution in [0.5, 0.6) is 0 Å². The van der Waals surface area contributed by atoms with Crippen LogP contribution in [0.2, 0.25) is 0 Å². The predicted molar refractivity (Wildman–Crippen MR) is 138 cm³/mol. The molecule has 0 N–H and O–H groups in total. The minimum Gasteiger partial charge on any atom is -0.304 e. The van der Waals surface area contributed by atoms with E-state index in [2.05, 4.69) is 37.5 Å². The quantitative estimate of drug-likeness (QED) is 0.296. The van der Waals surface area contributed by atoms with Gasteiger partial charge in [0.2, 0.25) is 0 Å². The molecule has 0 saturated carbocycles. The van der Waals surface area contributed by atoms with Gasteiger partial charge in [-0.1, -0.05) is 52.0 Å². The second-order valence-corrected chi connectivity index (χ2v) is 8.96. The van der Waals surface area contributed by atoms with Crippen LogP contribution >= 0.6 is 0 Å². The van der Waals surface area contributed by atoms with Gasteiger partial charge in [-0.25, -0.2) is 0 Å². The summed E-state index contributed by atoms with van der Waals surface area (Å²) in [6.45, 7) is 14.2. The Balaban J connectivity index is 1.68. The van der Waals surface area contributed by atoms with Gasteiger partial charge in [0.05, 0.1) is 0 Å². The summed E-state index contributed by atoms with van der Waals surface area (Å²) in [4.78, 5) is 43.3. The molecule has 0 saturated heterocycles. The third-order valence-corrected chi connectivity index (χ3v) is 7.01. The smallest absolute Gasteiger partial charge is 0.194 e. The minimum absolute atomic E-state index is 0.0720. The molecule has 0 atom stereocenters. The maximum Gasteiger partial charge on any atom is 0.194 e. The van der Waals surface area contributed by atoms with E-state index in [0.717, 1.165) is 63.2 Å². The summed E-state index contributed by atoms with van der Waals surface area (Å²) in [6.07, 6.45) is 2.57. The van der Waals surface area contributed by atoms with Crippen molar-refractivity contribution in [1.29, 1.82) is 0 Å². The van der Waals surface area contributed by atoms with Crippen molar-refractivity contribution < 1.29 is 14.4 Å². The topological polar surface area (TPSA) is 57.7 Å². The summed E-state index contributed by atoms with van der Waals surface area (Å²) < 4.78 is 0. The molecule has 0 aromatic heterocycles. The van der Waals surface area contributed by atoms with Gasteiger partial charge in [0.1, 0.15) is 0 Å². The highest BCUT2D eigenvalue weighted by Crippen LogP contribution is 2.37. The van der Waals surface area contributed by atoms with Gasteiger partial charge >= 0.3 is 0 Å². The Bertz CT molecular complexity index is 954. The fraction of sp³-hybridized carbons (Fsp3) is 0.483. The Hall–Kier alpha value is -2.63. The van der Waals surface area contributed by atoms with Crippen LogP contribution in [0.3, 0.4) is 0 Å². The van der Waals surface area contributed by atoms with Crippen LogP contribution in [0.15, 0.2) is 36.4 Å². The van der Waals surface area contributed by atoms with Crippen molar-refractivity contribution >= 4 is 17.3 Å². The van der Waals surface area contributed by atoms with Gasteiger partial charge in [-0.2, -0.15) is 0 Å². The normalized spacial score (nSPS) is 12.4. The van der Waals surface area contributed by atoms with Crippen LogP contribution in [0, 0.1) is 0 Å². The van der Waals surface area contributed by atoms with Gasteiger partial charge in [-0.3, -0.25) is 14.4 Å². The highest BCUT2D eigenvalue weighted by Gasteiger charge is 2.28. The van der Waals surface area contributed by atoms with Crippen molar-refractivity contribution in [2.45, 2.75) is 53.4 Å². The fourth-order valence-electron chi connectivity index (χ4n) is 4.72. The highest BCUT2D eigenvalue weighted by atomic mass is 16.1. The first-order valence-corrected chi connectivity index (χ1v) is 12.8. The zero-order chi connectivity index (χ0) is 24.7. The third kappa shape index (κ3) is 5.89. The Kier molecular flexibility index (Phi) is 9.31. The molecule has 5 nitrogen and oxygen atoms in total. The summed E-state index contributed by atoms with van der Waals surface area (Å²) in [6, 6.07) is 10.9. The van der Waals surface area contributed by atoms with E-state index >= 15 is 0 Å². The lowest BCUT2D eigenvalue weighted by Gasteiger charge is -2.17. The number of carbonyl (C=O) groups excluding carboxylic acids is 3. The van der Waals surface area contributed by atoms with Crippen LogP contribution in [0.25, 0.3) is 11.1 Å². The first-order valence-electron chi connectivity index (χ1n) is 12.8. The van der Waals surface area contributed by atoms with Gasteiger partial charge in [-0.05, 0) is 75.4 Å². The van der Waals surface area contributed by atoms with Crippen molar-refractivity contribution in [2.75, 3.05) is 39.3 Å². The molecule has 0 amide bonds. The second kappa shape index (κ2) is 12.2. The maximum atomic E-state index is 13.2. The predicted octanol–water partition coefficient (Wildman–Crippen LogP) is 5.51. The molecule has 0 heterocycles. The molecule has 0 fully saturated rings. The highest BCUT2D eigenvalue weighted by molar-refractivity contribution is 6.23. The molecular weight excluding hydrogens is 424 g/mol. The van der Waals surface area contributed by atoms with E-state index in [1.807, 2.05) is 24.3 Å². The number of hydrogen-bond donors (Lipinski definition) is 0. The Morgan fingerprint density at radius 2 is 1.00 bits per heavy atom. The number of ketones is 3. The summed E-state index contributed by atoms with van der Waals surface area (Å²) in [5.41, 5.74) is 4.01. The molecule has 2 aromatic carbocycles. The molecule has 182 valence electrons. The average Bonchev–Trinajstić information content (AvgIpc) is 3.15. The van der Waals surface area contributed by atoms with Crippen LogP contribution in [0.4, 0.5) is 0 Å². The summed E-state index contributed by atoms with van der Waals surface area (Å²) in [5.74, 6) is 0.0474. The van der Waals surface area contributed by atoms with E-state index in [1.165, 1.54) is 0 Å². The Morgan fingerprint density at radius 1 is 0.618 bits per heavy atom. The number of hydrogen-bond acceptors (Lipinski definition) is 5. The van der Waals surface area contributed by atoms with Crippen molar-refractivity contribution in [3.63, 3.8) is 0 Å². The zero-order valence-corrected chi connectivity index (χ0v) is 21.2. The van der Waals surface area contributed by atoms with E-state index in [0.29, 0.717) is 35.1 Å². The molecule has 5 heteroatoms. The lowest BCUT2D eigenvalue weighted by Crippen LogP contribution is -2.24. The van der Waals surface area contributed by atoms with E-state index in [4.69, 9.17) is 0 Å². The van der Waals surface area contributed by atoms with E-state index in [-0.39, 0.29) is 17.3 Å². The molecule has 1 aliphatic rings. The standard InChI is InChI=1S/C29H38N2O3/c1-5-30(6-2)17-9-11-27(32)21-13-15-23-24-16-14-22(20-26(24)29(34)25(23)19-21)28(33)12-10-18-31(7-3)8-4/h13-16,19-20H,5-12,17-18H2,1-4H3. The molecule has 0 radical (unpaired) electrons. The Morgan fingerprint density at radius 3 is 1.35 bits per heavy atom. The van der Waals surface area contributed by atoms with Gasteiger partial charge in [0.25, 0.3) is 0 Å². The first kappa shape index (κ1) is 26.0. The lowest BCUT2D eigenvalue weighted by atomic mass is 9.98. The SMILES string of the molecule is CCN(CC)CCCC(=O)c1ccc2c(c1)C(=O)c1cc(C(=O)CCCN(CC)CC)ccc1-2. The van der Waals surface area contributed by atoms with Gasteiger partial charge < -0.3 is 9.80 Å². The van der Waals surface area contributed by atoms with E-state index in [1.54, 1.807) is 12.1 Å². The van der Waals surface area contributed by atoms with Gasteiger partial charge in [-0.15, -0.1) is 0 Å². The van der Waals surface area contributed by atoms with Gasteiger partial charge in [0.15, 0.2) is 17.3 Å². The molecule has 0 aliphatic heterocycles. The molecule has 34 heavy (non-hydrogen) atoms. The van der Waals surface area contributed by atoms with E-state index in [9.17, 15) is 14.4 Å². The number of fused-ring (bicyclic) bond motifs is 3. The molecule has 0 unspecified atom stereocenters. The lowest BCUT2D eigenvalue weighted by molar-refractivity contribution is 0.0967. The van der Waals surface area contributed by atoms with Crippen molar-refractivity contribution in [3.05, 3.63) is 58.7 Å². The molecule has 0 spiro atoms. The monoisotopic (exact) mass is 462 g/mol. The number of nitrogens with zero attached hydrogens (tertiary/aromatic N) is 2. The van der Waals surface area contributed by atoms with Crippen molar-refractivity contribution in [1.82, 2.24) is 9.80 Å². The summed E-state index contributed by atoms with van der Waals surface area (Å²) in [7, 11) is 0. The van der Waals surface area contributed by atoms with Crippen molar-refractivity contribution in [3.8, 4) is 11.1 Å². The third-order valence-electron chi connectivity index (χ3n) is 7.01. The number of benzene rings is 2. The number of rotatable bonds is 14. The molecule has 1 aliphatic carbocycles.